The Morgan fingerprint density at radius 3 is 2.60 bits per heavy atom. The van der Waals surface area contributed by atoms with Gasteiger partial charge in [0.2, 0.25) is 0 Å². The summed E-state index contributed by atoms with van der Waals surface area (Å²) in [6, 6.07) is 7.91. The van der Waals surface area contributed by atoms with E-state index in [4.69, 9.17) is 0 Å². The number of hydrogen-bond acceptors (Lipinski definition) is 2. The molecule has 15 heavy (non-hydrogen) atoms. The van der Waals surface area contributed by atoms with Crippen molar-refractivity contribution in [1.82, 2.24) is 5.32 Å². The molecule has 3 heteroatoms. The monoisotopic (exact) mass is 221 g/mol. The van der Waals surface area contributed by atoms with Crippen molar-refractivity contribution in [3.8, 4) is 0 Å². The van der Waals surface area contributed by atoms with Gasteiger partial charge in [-0.1, -0.05) is 32.0 Å². The van der Waals surface area contributed by atoms with Crippen molar-refractivity contribution in [3.05, 3.63) is 35.2 Å². The summed E-state index contributed by atoms with van der Waals surface area (Å²) in [4.78, 5) is 11.4. The van der Waals surface area contributed by atoms with Crippen LogP contribution in [0.3, 0.4) is 0 Å². The summed E-state index contributed by atoms with van der Waals surface area (Å²) in [5.74, 6) is -0.0163. The summed E-state index contributed by atoms with van der Waals surface area (Å²) < 4.78 is 1.15. The number of thiophene rings is 1. The van der Waals surface area contributed by atoms with Crippen molar-refractivity contribution in [3.63, 3.8) is 0 Å². The van der Waals surface area contributed by atoms with Crippen LogP contribution < -0.4 is 5.32 Å². The molecule has 0 bridgehead atoms. The van der Waals surface area contributed by atoms with Gasteiger partial charge in [-0.3, -0.25) is 4.79 Å². The van der Waals surface area contributed by atoms with Crippen molar-refractivity contribution in [2.45, 2.75) is 13.8 Å². The highest BCUT2D eigenvalue weighted by atomic mass is 32.1. The minimum Gasteiger partial charge on any atom is -0.355 e. The summed E-state index contributed by atoms with van der Waals surface area (Å²) in [5, 5.41) is 5.55. The Kier molecular flexibility index (Phi) is 4.31. The molecule has 1 aromatic heterocycles. The van der Waals surface area contributed by atoms with Gasteiger partial charge in [0.15, 0.2) is 0 Å². The highest BCUT2D eigenvalue weighted by Crippen LogP contribution is 2.25. The van der Waals surface area contributed by atoms with Crippen LogP contribution in [0.1, 0.15) is 24.2 Å². The lowest BCUT2D eigenvalue weighted by Gasteiger charge is -1.95. The highest BCUT2D eigenvalue weighted by molar-refractivity contribution is 7.17. The Morgan fingerprint density at radius 1 is 1.27 bits per heavy atom. The molecule has 0 saturated carbocycles. The van der Waals surface area contributed by atoms with Crippen LogP contribution in [0.4, 0.5) is 0 Å². The number of carbonyl (C=O) groups is 1. The zero-order valence-corrected chi connectivity index (χ0v) is 10.0. The van der Waals surface area contributed by atoms with Gasteiger partial charge in [0.25, 0.3) is 5.91 Å². The van der Waals surface area contributed by atoms with Gasteiger partial charge < -0.3 is 5.32 Å². The SMILES string of the molecule is CC.CNC(=O)c1csc2ccccc12. The summed E-state index contributed by atoms with van der Waals surface area (Å²) >= 11 is 1.60. The van der Waals surface area contributed by atoms with Crippen molar-refractivity contribution >= 4 is 27.3 Å². The van der Waals surface area contributed by atoms with Gasteiger partial charge in [0.05, 0.1) is 5.56 Å². The van der Waals surface area contributed by atoms with Crippen LogP contribution in [0.5, 0.6) is 0 Å². The molecule has 1 aromatic carbocycles. The average Bonchev–Trinajstić information content (AvgIpc) is 2.74. The topological polar surface area (TPSA) is 29.1 Å². The molecule has 1 heterocycles. The van der Waals surface area contributed by atoms with Crippen LogP contribution >= 0.6 is 11.3 Å². The van der Waals surface area contributed by atoms with Gasteiger partial charge in [-0.25, -0.2) is 0 Å². The fourth-order valence-electron chi connectivity index (χ4n) is 1.29. The number of nitrogens with one attached hydrogen (secondary N) is 1. The Morgan fingerprint density at radius 2 is 1.93 bits per heavy atom. The van der Waals surface area contributed by atoms with Crippen molar-refractivity contribution in [1.29, 1.82) is 0 Å². The Bertz CT molecular complexity index is 448. The van der Waals surface area contributed by atoms with E-state index in [2.05, 4.69) is 5.32 Å². The molecule has 0 aliphatic heterocycles. The highest BCUT2D eigenvalue weighted by Gasteiger charge is 2.08. The molecule has 2 nitrogen and oxygen atoms in total. The van der Waals surface area contributed by atoms with Crippen LogP contribution in [0.2, 0.25) is 0 Å². The number of rotatable bonds is 1. The molecule has 0 aliphatic rings. The van der Waals surface area contributed by atoms with E-state index in [0.29, 0.717) is 0 Å². The Labute approximate surface area is 93.9 Å². The van der Waals surface area contributed by atoms with E-state index in [1.165, 1.54) is 0 Å². The molecular weight excluding hydrogens is 206 g/mol. The Hall–Kier alpha value is -1.35. The number of carbonyl (C=O) groups excluding carboxylic acids is 1. The van der Waals surface area contributed by atoms with Gasteiger partial charge in [0, 0.05) is 22.5 Å². The van der Waals surface area contributed by atoms with Gasteiger partial charge in [-0.05, 0) is 6.07 Å². The van der Waals surface area contributed by atoms with E-state index in [9.17, 15) is 4.79 Å². The molecule has 0 radical (unpaired) electrons. The van der Waals surface area contributed by atoms with Crippen LogP contribution in [0.25, 0.3) is 10.1 Å². The Balaban J connectivity index is 0.000000531. The first kappa shape index (κ1) is 11.7. The van der Waals surface area contributed by atoms with Crippen LogP contribution in [0, 0.1) is 0 Å². The second-order valence-electron chi connectivity index (χ2n) is 2.72. The van der Waals surface area contributed by atoms with Crippen LogP contribution in [0.15, 0.2) is 29.6 Å². The summed E-state index contributed by atoms with van der Waals surface area (Å²) in [6.45, 7) is 4.00. The lowest BCUT2D eigenvalue weighted by molar-refractivity contribution is 0.0965. The van der Waals surface area contributed by atoms with E-state index in [1.54, 1.807) is 18.4 Å². The lowest BCUT2D eigenvalue weighted by atomic mass is 10.2. The van der Waals surface area contributed by atoms with Gasteiger partial charge >= 0.3 is 0 Å². The normalized spacial score (nSPS) is 9.27. The molecule has 80 valence electrons. The molecule has 2 rings (SSSR count). The molecule has 0 saturated heterocycles. The third kappa shape index (κ3) is 2.36. The largest absolute Gasteiger partial charge is 0.355 e. The maximum Gasteiger partial charge on any atom is 0.252 e. The van der Waals surface area contributed by atoms with Crippen LogP contribution in [-0.2, 0) is 0 Å². The first-order valence-electron chi connectivity index (χ1n) is 5.01. The van der Waals surface area contributed by atoms with E-state index in [0.717, 1.165) is 15.6 Å². The number of fused-ring (bicyclic) bond motifs is 1. The number of amides is 1. The lowest BCUT2D eigenvalue weighted by Crippen LogP contribution is -2.16. The predicted octanol–water partition coefficient (Wildman–Crippen LogP) is 3.29. The minimum absolute atomic E-state index is 0.0163. The third-order valence-corrected chi connectivity index (χ3v) is 2.92. The van der Waals surface area contributed by atoms with E-state index >= 15 is 0 Å². The quantitative estimate of drug-likeness (QED) is 0.786. The molecule has 1 amide bonds. The van der Waals surface area contributed by atoms with E-state index < -0.39 is 0 Å². The van der Waals surface area contributed by atoms with Gasteiger partial charge in [-0.2, -0.15) is 0 Å². The van der Waals surface area contributed by atoms with Crippen LogP contribution in [-0.4, -0.2) is 13.0 Å². The fourth-order valence-corrected chi connectivity index (χ4v) is 2.23. The van der Waals surface area contributed by atoms with Gasteiger partial charge in [-0.15, -0.1) is 11.3 Å². The van der Waals surface area contributed by atoms with Gasteiger partial charge in [0.1, 0.15) is 0 Å². The third-order valence-electron chi connectivity index (χ3n) is 1.95. The molecule has 1 N–H and O–H groups in total. The van der Waals surface area contributed by atoms with Crippen molar-refractivity contribution in [2.24, 2.45) is 0 Å². The summed E-state index contributed by atoms with van der Waals surface area (Å²) in [7, 11) is 1.65. The second-order valence-corrected chi connectivity index (χ2v) is 3.64. The molecule has 0 fully saturated rings. The van der Waals surface area contributed by atoms with Crippen molar-refractivity contribution in [2.75, 3.05) is 7.05 Å². The van der Waals surface area contributed by atoms with Crippen molar-refractivity contribution < 1.29 is 4.79 Å². The standard InChI is InChI=1S/C10H9NOS.C2H6/c1-11-10(12)8-6-13-9-5-3-2-4-7(8)9;1-2/h2-6H,1H3,(H,11,12);1-2H3. The summed E-state index contributed by atoms with van der Waals surface area (Å²) in [5.41, 5.74) is 0.767. The smallest absolute Gasteiger partial charge is 0.252 e. The number of hydrogen-bond donors (Lipinski definition) is 1. The average molecular weight is 221 g/mol. The maximum atomic E-state index is 11.4. The van der Waals surface area contributed by atoms with E-state index in [-0.39, 0.29) is 5.91 Å². The first-order valence-corrected chi connectivity index (χ1v) is 5.89. The molecule has 0 unspecified atom stereocenters. The molecule has 2 aromatic rings. The molecule has 0 atom stereocenters. The zero-order valence-electron chi connectivity index (χ0n) is 9.20. The number of benzene rings is 1. The molecule has 0 aliphatic carbocycles. The first-order chi connectivity index (χ1) is 7.33. The predicted molar refractivity (Wildman–Crippen MR) is 66.6 cm³/mol. The summed E-state index contributed by atoms with van der Waals surface area (Å²) in [6.07, 6.45) is 0. The second kappa shape index (κ2) is 5.51. The fraction of sp³-hybridized carbons (Fsp3) is 0.250. The zero-order chi connectivity index (χ0) is 11.3. The maximum absolute atomic E-state index is 11.4. The molecule has 0 spiro atoms. The van der Waals surface area contributed by atoms with E-state index in [1.807, 2.05) is 43.5 Å². The molecular formula is C12H15NOS. The minimum atomic E-state index is -0.0163.